The molecule has 1 aliphatic rings. The summed E-state index contributed by atoms with van der Waals surface area (Å²) in [5, 5.41) is 2.36. The van der Waals surface area contributed by atoms with Crippen LogP contribution in [0.5, 0.6) is 0 Å². The number of rotatable bonds is 5. The fourth-order valence-electron chi connectivity index (χ4n) is 4.73. The van der Waals surface area contributed by atoms with Crippen LogP contribution in [-0.2, 0) is 19.9 Å². The van der Waals surface area contributed by atoms with Gasteiger partial charge in [-0.3, -0.25) is 0 Å². The Hall–Kier alpha value is -1.92. The molecule has 4 rings (SSSR count). The van der Waals surface area contributed by atoms with Crippen molar-refractivity contribution in [1.29, 1.82) is 0 Å². The molecule has 1 unspecified atom stereocenters. The van der Waals surface area contributed by atoms with Crippen LogP contribution in [-0.4, -0.2) is 16.7 Å². The second-order valence-electron chi connectivity index (χ2n) is 9.11. The second kappa shape index (κ2) is 8.21. The summed E-state index contributed by atoms with van der Waals surface area (Å²) < 4.78 is 30.8. The van der Waals surface area contributed by atoms with Gasteiger partial charge in [-0.15, -0.1) is 0 Å². The Morgan fingerprint density at radius 2 is 1.45 bits per heavy atom. The molecule has 0 amide bonds. The molecule has 1 atom stereocenters. The Morgan fingerprint density at radius 1 is 0.903 bits per heavy atom. The molecule has 3 nitrogen and oxygen atoms in total. The van der Waals surface area contributed by atoms with Gasteiger partial charge in [0.25, 0.3) is 17.4 Å². The third-order valence-corrected chi connectivity index (χ3v) is 12.5. The first kappa shape index (κ1) is 22.3. The van der Waals surface area contributed by atoms with Crippen LogP contribution in [0.25, 0.3) is 0 Å². The molecule has 3 aromatic rings. The van der Waals surface area contributed by atoms with Gasteiger partial charge in [-0.25, -0.2) is 8.42 Å². The first-order chi connectivity index (χ1) is 14.6. The topological polar surface area (TPSA) is 43.4 Å². The lowest BCUT2D eigenvalue weighted by atomic mass is 10.1. The molecule has 0 fully saturated rings. The van der Waals surface area contributed by atoms with Crippen molar-refractivity contribution in [2.75, 3.05) is 0 Å². The van der Waals surface area contributed by atoms with E-state index >= 15 is 0 Å². The summed E-state index contributed by atoms with van der Waals surface area (Å²) in [4.78, 5) is 0.152. The summed E-state index contributed by atoms with van der Waals surface area (Å²) in [6.45, 7) is 6.79. The minimum Gasteiger partial charge on any atom is -0.400 e. The highest BCUT2D eigenvalue weighted by molar-refractivity contribution is 8.13. The third-order valence-electron chi connectivity index (χ3n) is 6.15. The maximum Gasteiger partial charge on any atom is 0.261 e. The number of hydrogen-bond donors (Lipinski definition) is 0. The van der Waals surface area contributed by atoms with Crippen molar-refractivity contribution in [2.45, 2.75) is 49.7 Å². The third kappa shape index (κ3) is 4.12. The Morgan fingerprint density at radius 3 is 1.94 bits per heavy atom. The van der Waals surface area contributed by atoms with Crippen molar-refractivity contribution in [3.63, 3.8) is 0 Å². The van der Waals surface area contributed by atoms with Crippen LogP contribution in [0.1, 0.15) is 44.4 Å². The molecule has 0 spiro atoms. The highest BCUT2D eigenvalue weighted by atomic mass is 35.7. The minimum atomic E-state index is -3.75. The van der Waals surface area contributed by atoms with E-state index in [1.165, 1.54) is 10.4 Å². The zero-order valence-corrected chi connectivity index (χ0v) is 20.6. The van der Waals surface area contributed by atoms with E-state index in [0.717, 1.165) is 24.0 Å². The number of halogens is 1. The molecular weight excluding hydrogens is 444 g/mol. The molecule has 0 saturated heterocycles. The lowest BCUT2D eigenvalue weighted by Crippen LogP contribution is -2.66. The zero-order chi connectivity index (χ0) is 22.3. The van der Waals surface area contributed by atoms with Crippen molar-refractivity contribution in [1.82, 2.24) is 0 Å². The normalized spacial score (nSPS) is 16.8. The second-order valence-corrected chi connectivity index (χ2v) is 15.9. The van der Waals surface area contributed by atoms with Gasteiger partial charge in [0, 0.05) is 10.7 Å². The molecule has 0 aromatic heterocycles. The first-order valence-electron chi connectivity index (χ1n) is 10.5. The molecule has 0 aliphatic heterocycles. The van der Waals surface area contributed by atoms with Crippen LogP contribution in [0.3, 0.4) is 0 Å². The average molecular weight is 471 g/mol. The van der Waals surface area contributed by atoms with Gasteiger partial charge in [0.15, 0.2) is 0 Å². The predicted molar refractivity (Wildman–Crippen MR) is 129 cm³/mol. The SMILES string of the molecule is CC(C)(C)[Si](OC1CCc2cc(S(=O)(=O)Cl)ccc21)(c1ccccc1)c1ccccc1. The van der Waals surface area contributed by atoms with E-state index < -0.39 is 17.4 Å². The summed E-state index contributed by atoms with van der Waals surface area (Å²) in [5.41, 5.74) is 2.07. The van der Waals surface area contributed by atoms with Crippen LogP contribution < -0.4 is 10.4 Å². The average Bonchev–Trinajstić information content (AvgIpc) is 3.14. The van der Waals surface area contributed by atoms with Gasteiger partial charge in [0.1, 0.15) is 0 Å². The van der Waals surface area contributed by atoms with E-state index in [2.05, 4.69) is 69.3 Å². The van der Waals surface area contributed by atoms with E-state index in [1.54, 1.807) is 12.1 Å². The summed E-state index contributed by atoms with van der Waals surface area (Å²) in [6, 6.07) is 26.3. The molecule has 1 aliphatic carbocycles. The molecule has 0 radical (unpaired) electrons. The largest absolute Gasteiger partial charge is 0.400 e. The maximum absolute atomic E-state index is 11.8. The summed E-state index contributed by atoms with van der Waals surface area (Å²) in [7, 11) is -0.853. The standard InChI is InChI=1S/C25H27ClO3SSi/c1-25(2,3)31(21-10-6-4-7-11-21,22-12-8-5-9-13-22)29-24-17-14-19-18-20(30(26,27)28)15-16-23(19)24/h4-13,15-16,18,24H,14,17H2,1-3H3. The summed E-state index contributed by atoms with van der Waals surface area (Å²) in [6.07, 6.45) is 1.51. The van der Waals surface area contributed by atoms with Crippen LogP contribution in [0, 0.1) is 0 Å². The first-order valence-corrected chi connectivity index (χ1v) is 14.7. The number of fused-ring (bicyclic) bond motifs is 1. The van der Waals surface area contributed by atoms with E-state index in [0.29, 0.717) is 0 Å². The van der Waals surface area contributed by atoms with Crippen LogP contribution in [0.4, 0.5) is 0 Å². The predicted octanol–water partition coefficient (Wildman–Crippen LogP) is 5.18. The van der Waals surface area contributed by atoms with Gasteiger partial charge in [-0.2, -0.15) is 0 Å². The van der Waals surface area contributed by atoms with Gasteiger partial charge in [0.05, 0.1) is 11.0 Å². The van der Waals surface area contributed by atoms with E-state index in [-0.39, 0.29) is 16.0 Å². The van der Waals surface area contributed by atoms with Crippen molar-refractivity contribution in [3.8, 4) is 0 Å². The fourth-order valence-corrected chi connectivity index (χ4v) is 10.2. The molecule has 3 aromatic carbocycles. The fraction of sp³-hybridized carbons (Fsp3) is 0.280. The molecule has 162 valence electrons. The smallest absolute Gasteiger partial charge is 0.261 e. The van der Waals surface area contributed by atoms with Gasteiger partial charge >= 0.3 is 0 Å². The van der Waals surface area contributed by atoms with Gasteiger partial charge < -0.3 is 4.43 Å². The Labute approximate surface area is 190 Å². The summed E-state index contributed by atoms with van der Waals surface area (Å²) in [5.74, 6) is 0. The van der Waals surface area contributed by atoms with Crippen LogP contribution in [0.15, 0.2) is 83.8 Å². The molecule has 0 saturated carbocycles. The Bertz CT molecular complexity index is 1130. The quantitative estimate of drug-likeness (QED) is 0.381. The number of benzene rings is 3. The van der Waals surface area contributed by atoms with Crippen LogP contribution >= 0.6 is 10.7 Å². The lowest BCUT2D eigenvalue weighted by molar-refractivity contribution is 0.192. The number of hydrogen-bond acceptors (Lipinski definition) is 3. The Kier molecular flexibility index (Phi) is 5.90. The van der Waals surface area contributed by atoms with Crippen LogP contribution in [0.2, 0.25) is 5.04 Å². The molecule has 6 heteroatoms. The molecular formula is C25H27ClO3SSi. The molecule has 31 heavy (non-hydrogen) atoms. The van der Waals surface area contributed by atoms with Crippen molar-refractivity contribution in [2.24, 2.45) is 0 Å². The van der Waals surface area contributed by atoms with Crippen molar-refractivity contribution < 1.29 is 12.8 Å². The van der Waals surface area contributed by atoms with E-state index in [1.807, 2.05) is 18.2 Å². The van der Waals surface area contributed by atoms with E-state index in [4.69, 9.17) is 15.1 Å². The van der Waals surface area contributed by atoms with E-state index in [9.17, 15) is 8.42 Å². The molecule has 0 bridgehead atoms. The number of aryl methyl sites for hydroxylation is 1. The van der Waals surface area contributed by atoms with Gasteiger partial charge in [0.2, 0.25) is 0 Å². The molecule has 0 heterocycles. The monoisotopic (exact) mass is 470 g/mol. The van der Waals surface area contributed by atoms with Gasteiger partial charge in [-0.1, -0.05) is 87.5 Å². The van der Waals surface area contributed by atoms with Crippen molar-refractivity contribution >= 4 is 38.4 Å². The van der Waals surface area contributed by atoms with Gasteiger partial charge in [-0.05, 0) is 51.5 Å². The summed E-state index contributed by atoms with van der Waals surface area (Å²) >= 11 is 0. The van der Waals surface area contributed by atoms with Crippen molar-refractivity contribution in [3.05, 3.63) is 90.0 Å². The minimum absolute atomic E-state index is 0.0895. The zero-order valence-electron chi connectivity index (χ0n) is 18.0. The highest BCUT2D eigenvalue weighted by Gasteiger charge is 2.52. The maximum atomic E-state index is 11.8. The lowest BCUT2D eigenvalue weighted by Gasteiger charge is -2.44. The molecule has 0 N–H and O–H groups in total. The Balaban J connectivity index is 1.85. The highest BCUT2D eigenvalue weighted by Crippen LogP contribution is 2.44.